The van der Waals surface area contributed by atoms with Crippen molar-refractivity contribution in [2.75, 3.05) is 11.1 Å². The summed E-state index contributed by atoms with van der Waals surface area (Å²) in [5.41, 5.74) is 11.2. The number of nitrogens with two attached hydrogens (primary N) is 1. The van der Waals surface area contributed by atoms with Crippen LogP contribution in [0.2, 0.25) is 5.02 Å². The Morgan fingerprint density at radius 2 is 1.89 bits per heavy atom. The summed E-state index contributed by atoms with van der Waals surface area (Å²) in [6.45, 7) is 0. The average Bonchev–Trinajstić information content (AvgIpc) is 2.84. The molecule has 18 heavy (non-hydrogen) atoms. The van der Waals surface area contributed by atoms with Crippen LogP contribution in [0.1, 0.15) is 0 Å². The van der Waals surface area contributed by atoms with Gasteiger partial charge in [0, 0.05) is 10.7 Å². The zero-order valence-corrected chi connectivity index (χ0v) is 10.9. The minimum atomic E-state index is 0.670. The predicted octanol–water partition coefficient (Wildman–Crippen LogP) is 4.28. The molecule has 90 valence electrons. The summed E-state index contributed by atoms with van der Waals surface area (Å²) in [6, 6.07) is 11.5. The van der Waals surface area contributed by atoms with Crippen LogP contribution in [0.25, 0.3) is 10.2 Å². The molecule has 3 rings (SSSR count). The number of hydrogen-bond acceptors (Lipinski definition) is 4. The van der Waals surface area contributed by atoms with Crippen molar-refractivity contribution in [2.45, 2.75) is 0 Å². The first-order valence-electron chi connectivity index (χ1n) is 5.38. The molecule has 0 aliphatic carbocycles. The largest absolute Gasteiger partial charge is 0.395 e. The number of fused-ring (bicyclic) bond motifs is 1. The molecule has 0 spiro atoms. The highest BCUT2D eigenvalue weighted by Crippen LogP contribution is 2.32. The van der Waals surface area contributed by atoms with Crippen LogP contribution >= 0.6 is 22.9 Å². The van der Waals surface area contributed by atoms with Gasteiger partial charge in [0.25, 0.3) is 0 Å². The topological polar surface area (TPSA) is 50.9 Å². The van der Waals surface area contributed by atoms with Gasteiger partial charge in [0.1, 0.15) is 5.52 Å². The van der Waals surface area contributed by atoms with Crippen molar-refractivity contribution in [3.8, 4) is 0 Å². The Kier molecular flexibility index (Phi) is 2.81. The molecule has 0 bridgehead atoms. The molecule has 0 fully saturated rings. The number of anilines is 3. The molecule has 3 N–H and O–H groups in total. The number of thiazole rings is 1. The standard InChI is InChI=1S/C13H10ClN3S/c14-8-1-3-9(4-2-8)17-10-5-6-11-13(12(10)15)16-7-18-11/h1-7,17H,15H2. The number of aromatic nitrogens is 1. The van der Waals surface area contributed by atoms with Gasteiger partial charge in [-0.1, -0.05) is 11.6 Å². The fourth-order valence-electron chi connectivity index (χ4n) is 1.75. The normalized spacial score (nSPS) is 10.7. The molecule has 0 aliphatic rings. The lowest BCUT2D eigenvalue weighted by molar-refractivity contribution is 1.49. The summed E-state index contributed by atoms with van der Waals surface area (Å²) in [5.74, 6) is 0. The number of nitrogen functional groups attached to an aromatic ring is 1. The second-order valence-corrected chi connectivity index (χ2v) is 5.18. The molecule has 0 saturated carbocycles. The van der Waals surface area contributed by atoms with Crippen LogP contribution in [-0.4, -0.2) is 4.98 Å². The number of nitrogens with one attached hydrogen (secondary N) is 1. The summed E-state index contributed by atoms with van der Waals surface area (Å²) in [6.07, 6.45) is 0. The molecule has 0 saturated heterocycles. The molecule has 1 aromatic heterocycles. The van der Waals surface area contributed by atoms with Crippen LogP contribution in [0.15, 0.2) is 41.9 Å². The maximum Gasteiger partial charge on any atom is 0.106 e. The first-order chi connectivity index (χ1) is 8.74. The molecule has 0 amide bonds. The number of hydrogen-bond donors (Lipinski definition) is 2. The van der Waals surface area contributed by atoms with Crippen LogP contribution in [-0.2, 0) is 0 Å². The van der Waals surface area contributed by atoms with E-state index in [-0.39, 0.29) is 0 Å². The summed E-state index contributed by atoms with van der Waals surface area (Å²) >= 11 is 7.43. The van der Waals surface area contributed by atoms with Crippen LogP contribution in [0.5, 0.6) is 0 Å². The molecule has 0 aliphatic heterocycles. The molecule has 5 heteroatoms. The van der Waals surface area contributed by atoms with E-state index in [2.05, 4.69) is 10.3 Å². The van der Waals surface area contributed by atoms with E-state index in [9.17, 15) is 0 Å². The fourth-order valence-corrected chi connectivity index (χ4v) is 2.57. The van der Waals surface area contributed by atoms with Crippen LogP contribution < -0.4 is 11.1 Å². The second-order valence-electron chi connectivity index (χ2n) is 3.86. The molecule has 0 atom stereocenters. The van der Waals surface area contributed by atoms with E-state index in [4.69, 9.17) is 17.3 Å². The van der Waals surface area contributed by atoms with Gasteiger partial charge < -0.3 is 11.1 Å². The van der Waals surface area contributed by atoms with Gasteiger partial charge in [-0.2, -0.15) is 0 Å². The van der Waals surface area contributed by atoms with Crippen LogP contribution in [0.3, 0.4) is 0 Å². The molecule has 2 aromatic carbocycles. The summed E-state index contributed by atoms with van der Waals surface area (Å²) in [4.78, 5) is 4.27. The van der Waals surface area contributed by atoms with Gasteiger partial charge in [-0.05, 0) is 36.4 Å². The molecule has 3 aromatic rings. The SMILES string of the molecule is Nc1c(Nc2ccc(Cl)cc2)ccc2scnc12. The Labute approximate surface area is 113 Å². The van der Waals surface area contributed by atoms with E-state index in [0.29, 0.717) is 10.7 Å². The Balaban J connectivity index is 1.99. The number of halogens is 1. The Morgan fingerprint density at radius 1 is 1.11 bits per heavy atom. The second kappa shape index (κ2) is 4.48. The van der Waals surface area contributed by atoms with Gasteiger partial charge in [-0.3, -0.25) is 0 Å². The van der Waals surface area contributed by atoms with Gasteiger partial charge in [0.05, 0.1) is 21.6 Å². The zero-order chi connectivity index (χ0) is 12.5. The third-order valence-corrected chi connectivity index (χ3v) is 3.71. The molecule has 3 nitrogen and oxygen atoms in total. The van der Waals surface area contributed by atoms with Gasteiger partial charge in [0.2, 0.25) is 0 Å². The molecule has 0 unspecified atom stereocenters. The van der Waals surface area contributed by atoms with Crippen LogP contribution in [0, 0.1) is 0 Å². The Hall–Kier alpha value is -1.78. The van der Waals surface area contributed by atoms with E-state index in [0.717, 1.165) is 21.6 Å². The highest BCUT2D eigenvalue weighted by molar-refractivity contribution is 7.16. The highest BCUT2D eigenvalue weighted by atomic mass is 35.5. The van der Waals surface area contributed by atoms with Crippen LogP contribution in [0.4, 0.5) is 17.1 Å². The zero-order valence-electron chi connectivity index (χ0n) is 9.35. The van der Waals surface area contributed by atoms with Crippen molar-refractivity contribution in [1.82, 2.24) is 4.98 Å². The molecular weight excluding hydrogens is 266 g/mol. The van der Waals surface area contributed by atoms with E-state index < -0.39 is 0 Å². The van der Waals surface area contributed by atoms with E-state index in [1.807, 2.05) is 36.4 Å². The maximum atomic E-state index is 6.10. The van der Waals surface area contributed by atoms with Crippen molar-refractivity contribution in [3.63, 3.8) is 0 Å². The first kappa shape index (κ1) is 11.3. The van der Waals surface area contributed by atoms with E-state index in [1.165, 1.54) is 0 Å². The average molecular weight is 276 g/mol. The smallest absolute Gasteiger partial charge is 0.106 e. The van der Waals surface area contributed by atoms with Gasteiger partial charge in [-0.25, -0.2) is 4.98 Å². The summed E-state index contributed by atoms with van der Waals surface area (Å²) in [7, 11) is 0. The Morgan fingerprint density at radius 3 is 2.67 bits per heavy atom. The fraction of sp³-hybridized carbons (Fsp3) is 0. The minimum absolute atomic E-state index is 0.670. The summed E-state index contributed by atoms with van der Waals surface area (Å²) < 4.78 is 1.09. The van der Waals surface area contributed by atoms with Gasteiger partial charge in [-0.15, -0.1) is 11.3 Å². The highest BCUT2D eigenvalue weighted by Gasteiger charge is 2.06. The third kappa shape index (κ3) is 2.00. The lowest BCUT2D eigenvalue weighted by atomic mass is 10.2. The Bertz CT molecular complexity index is 691. The van der Waals surface area contributed by atoms with Crippen molar-refractivity contribution < 1.29 is 0 Å². The minimum Gasteiger partial charge on any atom is -0.395 e. The molecular formula is C13H10ClN3S. The quantitative estimate of drug-likeness (QED) is 0.687. The number of rotatable bonds is 2. The van der Waals surface area contributed by atoms with Gasteiger partial charge in [0.15, 0.2) is 0 Å². The first-order valence-corrected chi connectivity index (χ1v) is 6.64. The van der Waals surface area contributed by atoms with Gasteiger partial charge >= 0.3 is 0 Å². The number of benzene rings is 2. The molecule has 0 radical (unpaired) electrons. The lowest BCUT2D eigenvalue weighted by Gasteiger charge is -2.09. The van der Waals surface area contributed by atoms with Crippen molar-refractivity contribution in [1.29, 1.82) is 0 Å². The van der Waals surface area contributed by atoms with Crippen molar-refractivity contribution in [2.24, 2.45) is 0 Å². The summed E-state index contributed by atoms with van der Waals surface area (Å²) in [5, 5.41) is 3.97. The third-order valence-electron chi connectivity index (χ3n) is 2.66. The monoisotopic (exact) mass is 275 g/mol. The molecule has 1 heterocycles. The van der Waals surface area contributed by atoms with E-state index in [1.54, 1.807) is 16.8 Å². The van der Waals surface area contributed by atoms with Crippen molar-refractivity contribution in [3.05, 3.63) is 46.9 Å². The van der Waals surface area contributed by atoms with Crippen molar-refractivity contribution >= 4 is 50.2 Å². The lowest BCUT2D eigenvalue weighted by Crippen LogP contribution is -1.96. The number of nitrogens with zero attached hydrogens (tertiary/aromatic N) is 1. The maximum absolute atomic E-state index is 6.10. The van der Waals surface area contributed by atoms with E-state index >= 15 is 0 Å². The predicted molar refractivity (Wildman–Crippen MR) is 78.8 cm³/mol.